The van der Waals surface area contributed by atoms with Crippen LogP contribution in [0.1, 0.15) is 31.4 Å². The number of fused-ring (bicyclic) bond motifs is 1. The van der Waals surface area contributed by atoms with E-state index in [-0.39, 0.29) is 18.1 Å². The van der Waals surface area contributed by atoms with Crippen molar-refractivity contribution < 1.29 is 13.2 Å². The number of anilines is 2. The second-order valence-electron chi connectivity index (χ2n) is 7.64. The van der Waals surface area contributed by atoms with Gasteiger partial charge in [-0.15, -0.1) is 0 Å². The van der Waals surface area contributed by atoms with Gasteiger partial charge in [-0.25, -0.2) is 0 Å². The Morgan fingerprint density at radius 1 is 1.11 bits per heavy atom. The predicted molar refractivity (Wildman–Crippen MR) is 105 cm³/mol. The monoisotopic (exact) mass is 393 g/mol. The quantitative estimate of drug-likeness (QED) is 0.761. The number of aryl methyl sites for hydroxylation is 1. The van der Waals surface area contributed by atoms with E-state index in [1.54, 1.807) is 29.9 Å². The number of alkyl halides is 3. The molecule has 2 heterocycles. The number of nitrogens with zero attached hydrogens (tertiary/aromatic N) is 3. The first-order valence-electron chi connectivity index (χ1n) is 9.51. The molecule has 0 bridgehead atoms. The van der Waals surface area contributed by atoms with Gasteiger partial charge in [-0.3, -0.25) is 9.69 Å². The van der Waals surface area contributed by atoms with Crippen molar-refractivity contribution in [3.05, 3.63) is 58.0 Å². The molecule has 3 rings (SSSR count). The summed E-state index contributed by atoms with van der Waals surface area (Å²) >= 11 is 0. The first-order valence-corrected chi connectivity index (χ1v) is 9.51. The SMILES string of the molecule is CC(C)N(c1ccc2c(c1)CN(CCC(F)(F)F)CC2)c1ccc(=O)n(C)c1. The molecule has 0 radical (unpaired) electrons. The molecule has 1 aromatic carbocycles. The van der Waals surface area contributed by atoms with Crippen molar-refractivity contribution in [2.24, 2.45) is 7.05 Å². The lowest BCUT2D eigenvalue weighted by Gasteiger charge is -2.33. The number of hydrogen-bond donors (Lipinski definition) is 0. The summed E-state index contributed by atoms with van der Waals surface area (Å²) in [5.74, 6) is 0. The summed E-state index contributed by atoms with van der Waals surface area (Å²) < 4.78 is 39.2. The molecule has 4 nitrogen and oxygen atoms in total. The van der Waals surface area contributed by atoms with Gasteiger partial charge in [0.1, 0.15) is 0 Å². The third kappa shape index (κ3) is 4.76. The van der Waals surface area contributed by atoms with Crippen LogP contribution in [0, 0.1) is 0 Å². The van der Waals surface area contributed by atoms with Gasteiger partial charge in [0.25, 0.3) is 0 Å². The molecule has 0 spiro atoms. The van der Waals surface area contributed by atoms with E-state index in [4.69, 9.17) is 0 Å². The molecular weight excluding hydrogens is 367 g/mol. The first-order chi connectivity index (χ1) is 13.1. The van der Waals surface area contributed by atoms with Crippen LogP contribution in [-0.2, 0) is 20.0 Å². The smallest absolute Gasteiger partial charge is 0.338 e. The summed E-state index contributed by atoms with van der Waals surface area (Å²) in [5, 5.41) is 0. The minimum Gasteiger partial charge on any atom is -0.338 e. The molecule has 1 aliphatic heterocycles. The molecule has 0 aliphatic carbocycles. The van der Waals surface area contributed by atoms with E-state index in [9.17, 15) is 18.0 Å². The number of benzene rings is 1. The highest BCUT2D eigenvalue weighted by Crippen LogP contribution is 2.31. The summed E-state index contributed by atoms with van der Waals surface area (Å²) in [7, 11) is 1.72. The Bertz CT molecular complexity index is 889. The van der Waals surface area contributed by atoms with Crippen molar-refractivity contribution in [2.75, 3.05) is 18.0 Å². The maximum atomic E-state index is 12.6. The van der Waals surface area contributed by atoms with Crippen LogP contribution in [0.3, 0.4) is 0 Å². The molecule has 7 heteroatoms. The predicted octanol–water partition coefficient (Wildman–Crippen LogP) is 4.24. The van der Waals surface area contributed by atoms with Crippen LogP contribution in [0.4, 0.5) is 24.5 Å². The number of aromatic nitrogens is 1. The van der Waals surface area contributed by atoms with E-state index < -0.39 is 12.6 Å². The summed E-state index contributed by atoms with van der Waals surface area (Å²) in [6.07, 6.45) is -2.34. The molecular formula is C21H26F3N3O. The second-order valence-corrected chi connectivity index (χ2v) is 7.64. The Labute approximate surface area is 163 Å². The molecule has 1 aliphatic rings. The number of hydrogen-bond acceptors (Lipinski definition) is 3. The highest BCUT2D eigenvalue weighted by Gasteiger charge is 2.29. The molecule has 0 N–H and O–H groups in total. The zero-order valence-corrected chi connectivity index (χ0v) is 16.5. The molecule has 2 aromatic rings. The third-order valence-corrected chi connectivity index (χ3v) is 5.14. The van der Waals surface area contributed by atoms with Crippen LogP contribution in [0.2, 0.25) is 0 Å². The maximum absolute atomic E-state index is 12.6. The van der Waals surface area contributed by atoms with Crippen molar-refractivity contribution in [1.29, 1.82) is 0 Å². The van der Waals surface area contributed by atoms with Gasteiger partial charge < -0.3 is 9.47 Å². The van der Waals surface area contributed by atoms with Crippen molar-refractivity contribution in [3.8, 4) is 0 Å². The zero-order chi connectivity index (χ0) is 20.5. The van der Waals surface area contributed by atoms with Crippen LogP contribution >= 0.6 is 0 Å². The molecule has 0 unspecified atom stereocenters. The summed E-state index contributed by atoms with van der Waals surface area (Å²) in [6.45, 7) is 5.35. The fraction of sp³-hybridized carbons (Fsp3) is 0.476. The standard InChI is InChI=1S/C21H26F3N3O/c1-15(2)27(19-6-7-20(28)25(3)14-19)18-5-4-16-8-10-26(13-17(16)12-18)11-9-21(22,23)24/h4-7,12,14-15H,8-11,13H2,1-3H3. The van der Waals surface area contributed by atoms with Crippen LogP contribution in [0.25, 0.3) is 0 Å². The summed E-state index contributed by atoms with van der Waals surface area (Å²) in [4.78, 5) is 15.7. The van der Waals surface area contributed by atoms with Gasteiger partial charge >= 0.3 is 6.18 Å². The topological polar surface area (TPSA) is 28.5 Å². The summed E-state index contributed by atoms with van der Waals surface area (Å²) in [5.41, 5.74) is 4.07. The number of rotatable bonds is 5. The molecule has 0 fully saturated rings. The van der Waals surface area contributed by atoms with Gasteiger partial charge in [0, 0.05) is 50.7 Å². The van der Waals surface area contributed by atoms with E-state index in [1.807, 2.05) is 4.90 Å². The minimum atomic E-state index is -4.13. The Kier molecular flexibility index (Phi) is 5.84. The highest BCUT2D eigenvalue weighted by molar-refractivity contribution is 5.64. The van der Waals surface area contributed by atoms with Crippen LogP contribution in [0.15, 0.2) is 41.3 Å². The normalized spacial score (nSPS) is 15.0. The van der Waals surface area contributed by atoms with Gasteiger partial charge in [-0.2, -0.15) is 13.2 Å². The average molecular weight is 393 g/mol. The molecule has 0 atom stereocenters. The van der Waals surface area contributed by atoms with Crippen LogP contribution in [-0.4, -0.2) is 34.8 Å². The van der Waals surface area contributed by atoms with Crippen molar-refractivity contribution in [1.82, 2.24) is 9.47 Å². The molecule has 0 saturated carbocycles. The molecule has 1 aromatic heterocycles. The number of pyridine rings is 1. The Balaban J connectivity index is 1.86. The largest absolute Gasteiger partial charge is 0.390 e. The molecule has 0 saturated heterocycles. The van der Waals surface area contributed by atoms with Gasteiger partial charge in [-0.1, -0.05) is 6.07 Å². The first kappa shape index (κ1) is 20.5. The fourth-order valence-electron chi connectivity index (χ4n) is 3.69. The van der Waals surface area contributed by atoms with Crippen LogP contribution < -0.4 is 10.5 Å². The van der Waals surface area contributed by atoms with Gasteiger partial charge in [0.05, 0.1) is 12.1 Å². The molecule has 0 amide bonds. The lowest BCUT2D eigenvalue weighted by molar-refractivity contribution is -0.138. The fourth-order valence-corrected chi connectivity index (χ4v) is 3.69. The van der Waals surface area contributed by atoms with E-state index in [1.165, 1.54) is 5.56 Å². The van der Waals surface area contributed by atoms with Gasteiger partial charge in [-0.05, 0) is 49.6 Å². The summed E-state index contributed by atoms with van der Waals surface area (Å²) in [6, 6.07) is 9.69. The second kappa shape index (κ2) is 7.99. The Morgan fingerprint density at radius 2 is 1.82 bits per heavy atom. The highest BCUT2D eigenvalue weighted by atomic mass is 19.4. The minimum absolute atomic E-state index is 0.0296. The van der Waals surface area contributed by atoms with E-state index in [0.29, 0.717) is 13.1 Å². The third-order valence-electron chi connectivity index (χ3n) is 5.14. The molecule has 152 valence electrons. The zero-order valence-electron chi connectivity index (χ0n) is 16.5. The van der Waals surface area contributed by atoms with E-state index in [2.05, 4.69) is 36.9 Å². The lowest BCUT2D eigenvalue weighted by atomic mass is 9.98. The Hall–Kier alpha value is -2.28. The van der Waals surface area contributed by atoms with Crippen LogP contribution in [0.5, 0.6) is 0 Å². The van der Waals surface area contributed by atoms with Crippen molar-refractivity contribution >= 4 is 11.4 Å². The average Bonchev–Trinajstić information content (AvgIpc) is 2.62. The van der Waals surface area contributed by atoms with Gasteiger partial charge in [0.2, 0.25) is 5.56 Å². The Morgan fingerprint density at radius 3 is 2.46 bits per heavy atom. The van der Waals surface area contributed by atoms with Crippen molar-refractivity contribution in [3.63, 3.8) is 0 Å². The molecule has 28 heavy (non-hydrogen) atoms. The number of halogens is 3. The van der Waals surface area contributed by atoms with E-state index >= 15 is 0 Å². The maximum Gasteiger partial charge on any atom is 0.390 e. The van der Waals surface area contributed by atoms with Crippen molar-refractivity contribution in [2.45, 2.75) is 45.5 Å². The lowest BCUT2D eigenvalue weighted by Crippen LogP contribution is -2.34. The van der Waals surface area contributed by atoms with Gasteiger partial charge in [0.15, 0.2) is 0 Å². The van der Waals surface area contributed by atoms with E-state index in [0.717, 1.165) is 23.4 Å².